The van der Waals surface area contributed by atoms with Crippen molar-refractivity contribution in [2.75, 3.05) is 5.32 Å². The van der Waals surface area contributed by atoms with E-state index in [4.69, 9.17) is 10.9 Å². The van der Waals surface area contributed by atoms with E-state index in [0.717, 1.165) is 16.8 Å². The molecule has 0 aliphatic rings. The standard InChI is InChI=1S/C15H16FN3O/c1-10-7-13(16)5-6-14(10)18-9-11-3-2-4-12(8-11)15(17)19-20/h2-8,18,20H,9H2,1H3,(H2,17,19). The molecule has 0 saturated heterocycles. The van der Waals surface area contributed by atoms with Crippen LogP contribution in [0.1, 0.15) is 16.7 Å². The Hall–Kier alpha value is -2.56. The van der Waals surface area contributed by atoms with Gasteiger partial charge in [-0.3, -0.25) is 0 Å². The number of nitrogens with zero attached hydrogens (tertiary/aromatic N) is 1. The number of hydrogen-bond donors (Lipinski definition) is 3. The molecule has 0 saturated carbocycles. The zero-order valence-corrected chi connectivity index (χ0v) is 11.1. The van der Waals surface area contributed by atoms with E-state index in [0.29, 0.717) is 12.1 Å². The number of nitrogens with one attached hydrogen (secondary N) is 1. The molecule has 0 aromatic heterocycles. The fourth-order valence-electron chi connectivity index (χ4n) is 1.92. The van der Waals surface area contributed by atoms with Gasteiger partial charge >= 0.3 is 0 Å². The molecule has 5 heteroatoms. The summed E-state index contributed by atoms with van der Waals surface area (Å²) in [5, 5.41) is 14.9. The first kappa shape index (κ1) is 13.9. The summed E-state index contributed by atoms with van der Waals surface area (Å²) in [6.07, 6.45) is 0. The van der Waals surface area contributed by atoms with E-state index in [1.165, 1.54) is 12.1 Å². The van der Waals surface area contributed by atoms with Gasteiger partial charge < -0.3 is 16.3 Å². The molecule has 0 spiro atoms. The molecule has 2 rings (SSSR count). The molecule has 0 radical (unpaired) electrons. The minimum absolute atomic E-state index is 0.0739. The maximum absolute atomic E-state index is 13.0. The molecule has 0 atom stereocenters. The molecule has 0 unspecified atom stereocenters. The Morgan fingerprint density at radius 2 is 2.10 bits per heavy atom. The van der Waals surface area contributed by atoms with Crippen LogP contribution >= 0.6 is 0 Å². The molecule has 0 heterocycles. The minimum Gasteiger partial charge on any atom is -0.409 e. The number of aryl methyl sites for hydroxylation is 1. The maximum Gasteiger partial charge on any atom is 0.170 e. The zero-order chi connectivity index (χ0) is 14.5. The smallest absolute Gasteiger partial charge is 0.170 e. The number of rotatable bonds is 4. The van der Waals surface area contributed by atoms with Crippen molar-refractivity contribution in [3.05, 3.63) is 65.0 Å². The summed E-state index contributed by atoms with van der Waals surface area (Å²) in [7, 11) is 0. The second-order valence-corrected chi connectivity index (χ2v) is 4.50. The average molecular weight is 273 g/mol. The molecule has 2 aromatic carbocycles. The molecule has 0 aliphatic carbocycles. The van der Waals surface area contributed by atoms with E-state index in [1.54, 1.807) is 12.1 Å². The minimum atomic E-state index is -0.248. The number of anilines is 1. The summed E-state index contributed by atoms with van der Waals surface area (Å²) >= 11 is 0. The van der Waals surface area contributed by atoms with Crippen molar-refractivity contribution in [3.63, 3.8) is 0 Å². The lowest BCUT2D eigenvalue weighted by Crippen LogP contribution is -2.13. The third-order valence-corrected chi connectivity index (χ3v) is 3.00. The summed E-state index contributed by atoms with van der Waals surface area (Å²) in [6, 6.07) is 12.0. The van der Waals surface area contributed by atoms with E-state index in [1.807, 2.05) is 25.1 Å². The topological polar surface area (TPSA) is 70.6 Å². The maximum atomic E-state index is 13.0. The van der Waals surface area contributed by atoms with Crippen LogP contribution < -0.4 is 11.1 Å². The van der Waals surface area contributed by atoms with Crippen molar-refractivity contribution in [2.45, 2.75) is 13.5 Å². The molecule has 0 fully saturated rings. The molecule has 20 heavy (non-hydrogen) atoms. The van der Waals surface area contributed by atoms with Gasteiger partial charge in [-0.25, -0.2) is 4.39 Å². The fourth-order valence-corrected chi connectivity index (χ4v) is 1.92. The van der Waals surface area contributed by atoms with Gasteiger partial charge in [0, 0.05) is 17.8 Å². The lowest BCUT2D eigenvalue weighted by molar-refractivity contribution is 0.318. The quantitative estimate of drug-likeness (QED) is 0.347. The molecule has 0 amide bonds. The van der Waals surface area contributed by atoms with Crippen LogP contribution in [0.2, 0.25) is 0 Å². The summed E-state index contributed by atoms with van der Waals surface area (Å²) in [4.78, 5) is 0. The third-order valence-electron chi connectivity index (χ3n) is 3.00. The predicted octanol–water partition coefficient (Wildman–Crippen LogP) is 2.84. The van der Waals surface area contributed by atoms with E-state index < -0.39 is 0 Å². The Labute approximate surface area is 116 Å². The molecule has 0 aliphatic heterocycles. The SMILES string of the molecule is Cc1cc(F)ccc1NCc1cccc(C(N)=NO)c1. The van der Waals surface area contributed by atoms with E-state index in [-0.39, 0.29) is 11.7 Å². The molecular weight excluding hydrogens is 257 g/mol. The molecule has 4 nitrogen and oxygen atoms in total. The Bertz CT molecular complexity index is 641. The molecule has 2 aromatic rings. The predicted molar refractivity (Wildman–Crippen MR) is 77.4 cm³/mol. The fraction of sp³-hybridized carbons (Fsp3) is 0.133. The Morgan fingerprint density at radius 3 is 2.80 bits per heavy atom. The van der Waals surface area contributed by atoms with Crippen molar-refractivity contribution in [1.29, 1.82) is 0 Å². The van der Waals surface area contributed by atoms with Crippen LogP contribution in [-0.2, 0) is 6.54 Å². The number of halogens is 1. The number of benzene rings is 2. The Kier molecular flexibility index (Phi) is 4.20. The van der Waals surface area contributed by atoms with Gasteiger partial charge in [0.15, 0.2) is 5.84 Å². The molecule has 104 valence electrons. The average Bonchev–Trinajstić information content (AvgIpc) is 2.46. The van der Waals surface area contributed by atoms with Gasteiger partial charge in [0.05, 0.1) is 0 Å². The monoisotopic (exact) mass is 273 g/mol. The highest BCUT2D eigenvalue weighted by Crippen LogP contribution is 2.17. The first-order valence-corrected chi connectivity index (χ1v) is 6.17. The summed E-state index contributed by atoms with van der Waals surface area (Å²) in [5.74, 6) is -0.174. The van der Waals surface area contributed by atoms with Crippen LogP contribution in [0.3, 0.4) is 0 Å². The molecular formula is C15H16FN3O. The molecule has 4 N–H and O–H groups in total. The first-order valence-electron chi connectivity index (χ1n) is 6.17. The number of oxime groups is 1. The highest BCUT2D eigenvalue weighted by atomic mass is 19.1. The Morgan fingerprint density at radius 1 is 1.30 bits per heavy atom. The largest absolute Gasteiger partial charge is 0.409 e. The third kappa shape index (κ3) is 3.26. The highest BCUT2D eigenvalue weighted by molar-refractivity contribution is 5.97. The highest BCUT2D eigenvalue weighted by Gasteiger charge is 2.02. The van der Waals surface area contributed by atoms with E-state index in [9.17, 15) is 4.39 Å². The summed E-state index contributed by atoms with van der Waals surface area (Å²) < 4.78 is 13.0. The van der Waals surface area contributed by atoms with Gasteiger partial charge in [-0.1, -0.05) is 23.4 Å². The van der Waals surface area contributed by atoms with Crippen molar-refractivity contribution in [2.24, 2.45) is 10.9 Å². The van der Waals surface area contributed by atoms with Crippen LogP contribution in [-0.4, -0.2) is 11.0 Å². The summed E-state index contributed by atoms with van der Waals surface area (Å²) in [6.45, 7) is 2.41. The first-order chi connectivity index (χ1) is 9.60. The van der Waals surface area contributed by atoms with E-state index >= 15 is 0 Å². The van der Waals surface area contributed by atoms with Gasteiger partial charge in [-0.15, -0.1) is 0 Å². The van der Waals surface area contributed by atoms with Crippen LogP contribution in [0.4, 0.5) is 10.1 Å². The van der Waals surface area contributed by atoms with Crippen molar-refractivity contribution in [1.82, 2.24) is 0 Å². The van der Waals surface area contributed by atoms with Crippen molar-refractivity contribution >= 4 is 11.5 Å². The van der Waals surface area contributed by atoms with Gasteiger partial charge in [0.25, 0.3) is 0 Å². The van der Waals surface area contributed by atoms with Gasteiger partial charge in [0.1, 0.15) is 5.82 Å². The van der Waals surface area contributed by atoms with Crippen molar-refractivity contribution < 1.29 is 9.60 Å². The zero-order valence-electron chi connectivity index (χ0n) is 11.1. The number of amidine groups is 1. The van der Waals surface area contributed by atoms with Gasteiger partial charge in [-0.2, -0.15) is 0 Å². The second kappa shape index (κ2) is 6.06. The number of nitrogens with two attached hydrogens (primary N) is 1. The van der Waals surface area contributed by atoms with Crippen LogP contribution in [0, 0.1) is 12.7 Å². The second-order valence-electron chi connectivity index (χ2n) is 4.50. The molecule has 0 bridgehead atoms. The van der Waals surface area contributed by atoms with E-state index in [2.05, 4.69) is 10.5 Å². The lowest BCUT2D eigenvalue weighted by Gasteiger charge is -2.10. The van der Waals surface area contributed by atoms with Crippen molar-refractivity contribution in [3.8, 4) is 0 Å². The lowest BCUT2D eigenvalue weighted by atomic mass is 10.1. The van der Waals surface area contributed by atoms with Crippen LogP contribution in [0.5, 0.6) is 0 Å². The van der Waals surface area contributed by atoms with Gasteiger partial charge in [0.2, 0.25) is 0 Å². The Balaban J connectivity index is 2.11. The van der Waals surface area contributed by atoms with Crippen LogP contribution in [0.15, 0.2) is 47.6 Å². The number of hydrogen-bond acceptors (Lipinski definition) is 3. The van der Waals surface area contributed by atoms with Gasteiger partial charge in [-0.05, 0) is 42.3 Å². The summed E-state index contributed by atoms with van der Waals surface area (Å²) in [5.41, 5.74) is 8.91. The van der Waals surface area contributed by atoms with Crippen LogP contribution in [0.25, 0.3) is 0 Å². The normalized spacial score (nSPS) is 11.4.